The Bertz CT molecular complexity index is 563. The Morgan fingerprint density at radius 2 is 2.00 bits per heavy atom. The maximum absolute atomic E-state index is 11.9. The highest BCUT2D eigenvalue weighted by Gasteiger charge is 2.21. The summed E-state index contributed by atoms with van der Waals surface area (Å²) in [5.74, 6) is 1.06. The van der Waals surface area contributed by atoms with E-state index in [0.29, 0.717) is 24.6 Å². The van der Waals surface area contributed by atoms with Gasteiger partial charge < -0.3 is 20.7 Å². The van der Waals surface area contributed by atoms with Crippen LogP contribution in [0.15, 0.2) is 24.3 Å². The molecule has 0 spiro atoms. The number of amides is 2. The minimum absolute atomic E-state index is 0. The quantitative estimate of drug-likeness (QED) is 0.735. The molecule has 3 N–H and O–H groups in total. The fourth-order valence-electron chi connectivity index (χ4n) is 2.84. The molecule has 1 heterocycles. The van der Waals surface area contributed by atoms with Crippen LogP contribution in [0.25, 0.3) is 0 Å². The van der Waals surface area contributed by atoms with Gasteiger partial charge in [0.1, 0.15) is 5.75 Å². The molecule has 140 valence electrons. The van der Waals surface area contributed by atoms with Crippen molar-refractivity contribution in [3.8, 4) is 5.75 Å². The van der Waals surface area contributed by atoms with Crippen molar-refractivity contribution in [3.63, 3.8) is 0 Å². The first-order chi connectivity index (χ1) is 11.5. The van der Waals surface area contributed by atoms with Gasteiger partial charge in [0.25, 0.3) is 5.91 Å². The number of nitrogens with zero attached hydrogens (tertiary/aromatic N) is 1. The molecule has 1 aromatic rings. The van der Waals surface area contributed by atoms with E-state index in [2.05, 4.69) is 19.2 Å². The normalized spacial score (nSPS) is 15.0. The average molecular weight is 370 g/mol. The van der Waals surface area contributed by atoms with Gasteiger partial charge in [-0.3, -0.25) is 9.59 Å². The van der Waals surface area contributed by atoms with Crippen LogP contribution >= 0.6 is 12.4 Å². The van der Waals surface area contributed by atoms with E-state index >= 15 is 0 Å². The Hall–Kier alpha value is -1.79. The molecule has 7 heteroatoms. The number of benzene rings is 1. The molecular weight excluding hydrogens is 342 g/mol. The van der Waals surface area contributed by atoms with Crippen LogP contribution in [0.4, 0.5) is 5.69 Å². The summed E-state index contributed by atoms with van der Waals surface area (Å²) in [5, 5.41) is 2.89. The van der Waals surface area contributed by atoms with E-state index in [0.717, 1.165) is 25.1 Å². The molecule has 2 amide bonds. The zero-order valence-corrected chi connectivity index (χ0v) is 15.7. The van der Waals surface area contributed by atoms with Crippen molar-refractivity contribution in [2.45, 2.75) is 39.2 Å². The van der Waals surface area contributed by atoms with Gasteiger partial charge >= 0.3 is 0 Å². The highest BCUT2D eigenvalue weighted by atomic mass is 35.5. The van der Waals surface area contributed by atoms with E-state index in [9.17, 15) is 9.59 Å². The Kier molecular flexibility index (Phi) is 8.72. The lowest BCUT2D eigenvalue weighted by molar-refractivity contribution is -0.123. The zero-order valence-electron chi connectivity index (χ0n) is 14.9. The van der Waals surface area contributed by atoms with Crippen molar-refractivity contribution in [2.75, 3.05) is 24.6 Å². The minimum Gasteiger partial charge on any atom is -0.484 e. The SMILES string of the molecule is CC(C)CC(CN)NC(=O)COc1ccc(N2CCCC2=O)cc1.Cl. The van der Waals surface area contributed by atoms with Crippen molar-refractivity contribution < 1.29 is 14.3 Å². The highest BCUT2D eigenvalue weighted by molar-refractivity contribution is 5.95. The van der Waals surface area contributed by atoms with Crippen LogP contribution in [0.2, 0.25) is 0 Å². The van der Waals surface area contributed by atoms with Crippen molar-refractivity contribution in [2.24, 2.45) is 11.7 Å². The number of ether oxygens (including phenoxy) is 1. The fraction of sp³-hybridized carbons (Fsp3) is 0.556. The smallest absolute Gasteiger partial charge is 0.258 e. The average Bonchev–Trinajstić information content (AvgIpc) is 2.98. The number of nitrogens with two attached hydrogens (primary N) is 1. The monoisotopic (exact) mass is 369 g/mol. The van der Waals surface area contributed by atoms with Crippen LogP contribution in [0.1, 0.15) is 33.1 Å². The maximum atomic E-state index is 11.9. The fourth-order valence-corrected chi connectivity index (χ4v) is 2.84. The lowest BCUT2D eigenvalue weighted by Crippen LogP contribution is -2.43. The van der Waals surface area contributed by atoms with Gasteiger partial charge in [-0.2, -0.15) is 0 Å². The number of carbonyl (C=O) groups excluding carboxylic acids is 2. The van der Waals surface area contributed by atoms with E-state index in [1.807, 2.05) is 12.1 Å². The molecule has 1 saturated heterocycles. The number of nitrogens with one attached hydrogen (secondary N) is 1. The van der Waals surface area contributed by atoms with Crippen LogP contribution in [0, 0.1) is 5.92 Å². The summed E-state index contributed by atoms with van der Waals surface area (Å²) in [5.41, 5.74) is 6.55. The van der Waals surface area contributed by atoms with Gasteiger partial charge in [0.15, 0.2) is 6.61 Å². The Balaban J connectivity index is 0.00000312. The second-order valence-corrected chi connectivity index (χ2v) is 6.56. The van der Waals surface area contributed by atoms with Gasteiger partial charge in [0.2, 0.25) is 5.91 Å². The van der Waals surface area contributed by atoms with Crippen LogP contribution in [0.3, 0.4) is 0 Å². The third kappa shape index (κ3) is 6.55. The molecule has 1 aliphatic rings. The van der Waals surface area contributed by atoms with E-state index in [1.54, 1.807) is 17.0 Å². The standard InChI is InChI=1S/C18H27N3O3.ClH/c1-13(2)10-14(11-19)20-17(22)12-24-16-7-5-15(6-8-16)21-9-3-4-18(21)23;/h5-8,13-14H,3-4,9-12,19H2,1-2H3,(H,20,22);1H. The summed E-state index contributed by atoms with van der Waals surface area (Å²) >= 11 is 0. The summed E-state index contributed by atoms with van der Waals surface area (Å²) in [6.07, 6.45) is 2.36. The first-order valence-corrected chi connectivity index (χ1v) is 8.52. The molecule has 1 aromatic carbocycles. The highest BCUT2D eigenvalue weighted by Crippen LogP contribution is 2.23. The molecule has 1 atom stereocenters. The van der Waals surface area contributed by atoms with Gasteiger partial charge in [-0.15, -0.1) is 12.4 Å². The van der Waals surface area contributed by atoms with Gasteiger partial charge in [-0.05, 0) is 43.0 Å². The number of halogens is 1. The summed E-state index contributed by atoms with van der Waals surface area (Å²) < 4.78 is 5.51. The third-order valence-electron chi connectivity index (χ3n) is 4.00. The van der Waals surface area contributed by atoms with E-state index in [-0.39, 0.29) is 36.9 Å². The number of carbonyl (C=O) groups is 2. The van der Waals surface area contributed by atoms with Gasteiger partial charge in [0, 0.05) is 31.2 Å². The van der Waals surface area contributed by atoms with E-state index in [4.69, 9.17) is 10.5 Å². The van der Waals surface area contributed by atoms with E-state index < -0.39 is 0 Å². The first-order valence-electron chi connectivity index (χ1n) is 8.52. The van der Waals surface area contributed by atoms with Crippen molar-refractivity contribution >= 4 is 29.9 Å². The lowest BCUT2D eigenvalue weighted by atomic mass is 10.0. The van der Waals surface area contributed by atoms with Gasteiger partial charge in [-0.1, -0.05) is 13.8 Å². The summed E-state index contributed by atoms with van der Waals surface area (Å²) in [6.45, 7) is 5.33. The zero-order chi connectivity index (χ0) is 17.5. The molecular formula is C18H28ClN3O3. The molecule has 1 aliphatic heterocycles. The summed E-state index contributed by atoms with van der Waals surface area (Å²) in [6, 6.07) is 7.23. The maximum Gasteiger partial charge on any atom is 0.258 e. The largest absolute Gasteiger partial charge is 0.484 e. The number of hydrogen-bond donors (Lipinski definition) is 2. The summed E-state index contributed by atoms with van der Waals surface area (Å²) in [4.78, 5) is 25.4. The second kappa shape index (κ2) is 10.3. The van der Waals surface area contributed by atoms with Gasteiger partial charge in [-0.25, -0.2) is 0 Å². The van der Waals surface area contributed by atoms with Crippen molar-refractivity contribution in [1.29, 1.82) is 0 Å². The van der Waals surface area contributed by atoms with Gasteiger partial charge in [0.05, 0.1) is 0 Å². The van der Waals surface area contributed by atoms with Crippen LogP contribution in [-0.4, -0.2) is 37.6 Å². The number of hydrogen-bond acceptors (Lipinski definition) is 4. The van der Waals surface area contributed by atoms with Crippen LogP contribution in [-0.2, 0) is 9.59 Å². The lowest BCUT2D eigenvalue weighted by Gasteiger charge is -2.19. The third-order valence-corrected chi connectivity index (χ3v) is 4.00. The Labute approximate surface area is 155 Å². The molecule has 0 radical (unpaired) electrons. The minimum atomic E-state index is -0.176. The predicted octanol–water partition coefficient (Wildman–Crippen LogP) is 2.10. The molecule has 1 unspecified atom stereocenters. The topological polar surface area (TPSA) is 84.7 Å². The van der Waals surface area contributed by atoms with Crippen LogP contribution < -0.4 is 20.7 Å². The summed E-state index contributed by atoms with van der Waals surface area (Å²) in [7, 11) is 0. The molecule has 2 rings (SSSR count). The Morgan fingerprint density at radius 1 is 1.32 bits per heavy atom. The molecule has 0 aromatic heterocycles. The molecule has 0 aliphatic carbocycles. The number of anilines is 1. The molecule has 0 saturated carbocycles. The van der Waals surface area contributed by atoms with Crippen molar-refractivity contribution in [3.05, 3.63) is 24.3 Å². The molecule has 6 nitrogen and oxygen atoms in total. The van der Waals surface area contributed by atoms with E-state index in [1.165, 1.54) is 0 Å². The predicted molar refractivity (Wildman–Crippen MR) is 101 cm³/mol. The molecule has 1 fully saturated rings. The second-order valence-electron chi connectivity index (χ2n) is 6.56. The molecule has 0 bridgehead atoms. The van der Waals surface area contributed by atoms with Crippen LogP contribution in [0.5, 0.6) is 5.75 Å². The number of rotatable bonds is 8. The molecule has 25 heavy (non-hydrogen) atoms. The Morgan fingerprint density at radius 3 is 2.52 bits per heavy atom. The van der Waals surface area contributed by atoms with Crippen molar-refractivity contribution in [1.82, 2.24) is 5.32 Å². The first kappa shape index (κ1) is 21.3.